The number of benzene rings is 4. The molecule has 0 bridgehead atoms. The molecule has 0 N–H and O–H groups in total. The fourth-order valence-electron chi connectivity index (χ4n) is 6.73. The summed E-state index contributed by atoms with van der Waals surface area (Å²) in [5.74, 6) is 0. The van der Waals surface area contributed by atoms with Gasteiger partial charge in [0.25, 0.3) is 0 Å². The Hall–Kier alpha value is -3.75. The van der Waals surface area contributed by atoms with E-state index in [4.69, 9.17) is 0 Å². The van der Waals surface area contributed by atoms with Crippen LogP contribution < -0.4 is 26.1 Å². The van der Waals surface area contributed by atoms with Gasteiger partial charge in [0.1, 0.15) is 7.14 Å². The number of aryl methyl sites for hydroxylation is 2. The van der Waals surface area contributed by atoms with Crippen molar-refractivity contribution in [2.75, 3.05) is 24.7 Å². The first-order valence-electron chi connectivity index (χ1n) is 14.8. The molecule has 2 unspecified atom stereocenters. The summed E-state index contributed by atoms with van der Waals surface area (Å²) in [4.78, 5) is 6.79. The predicted molar refractivity (Wildman–Crippen MR) is 182 cm³/mol. The van der Waals surface area contributed by atoms with Crippen LogP contribution in [0.3, 0.4) is 0 Å². The third-order valence-corrected chi connectivity index (χ3v) is 14.8. The molecule has 7 heteroatoms. The van der Waals surface area contributed by atoms with Crippen molar-refractivity contribution < 1.29 is 9.13 Å². The first-order chi connectivity index (χ1) is 20.7. The van der Waals surface area contributed by atoms with Gasteiger partial charge in [0.05, 0.1) is 33.4 Å². The van der Waals surface area contributed by atoms with Crippen LogP contribution in [0.5, 0.6) is 0 Å². The summed E-state index contributed by atoms with van der Waals surface area (Å²) in [7, 11) is -6.38. The lowest BCUT2D eigenvalue weighted by Crippen LogP contribution is -2.46. The van der Waals surface area contributed by atoms with Crippen LogP contribution in [-0.4, -0.2) is 29.4 Å². The number of rotatable bonds is 5. The molecule has 0 fully saturated rings. The molecular weight excluding hydrogens is 568 g/mol. The number of aromatic nitrogens is 1. The Morgan fingerprint density at radius 3 is 2.00 bits per heavy atom. The lowest BCUT2D eigenvalue weighted by molar-refractivity contribution is 0.458. The van der Waals surface area contributed by atoms with E-state index in [0.717, 1.165) is 71.8 Å². The van der Waals surface area contributed by atoms with Crippen molar-refractivity contribution in [2.45, 2.75) is 27.7 Å². The topological polar surface area (TPSA) is 53.5 Å². The van der Waals surface area contributed by atoms with Crippen molar-refractivity contribution >= 4 is 52.7 Å². The van der Waals surface area contributed by atoms with Gasteiger partial charge in [-0.2, -0.15) is 0 Å². The summed E-state index contributed by atoms with van der Waals surface area (Å²) < 4.78 is 33.1. The van der Waals surface area contributed by atoms with Crippen molar-refractivity contribution in [2.24, 2.45) is 0 Å². The van der Waals surface area contributed by atoms with Crippen LogP contribution in [0.25, 0.3) is 22.4 Å². The molecule has 0 spiro atoms. The van der Waals surface area contributed by atoms with Crippen LogP contribution >= 0.6 is 14.4 Å². The van der Waals surface area contributed by atoms with Gasteiger partial charge in [0.2, 0.25) is 7.29 Å². The zero-order chi connectivity index (χ0) is 30.1. The van der Waals surface area contributed by atoms with E-state index in [1.807, 2.05) is 37.9 Å². The standard InChI is InChI=1S/C36H35N3O2P2/c1-6-38(7-2)43(41)33-20-25(4)15-17-31(33)39-30-16-14-24(3)19-32(30)42(5,40)34-22-28(23-35(43)36(34)39)26-11-10-12-27(21-26)29-13-8-9-18-37-29/h8-23H,6-7H2,1-5H3. The largest absolute Gasteiger partial charge is 0.314 e. The lowest BCUT2D eigenvalue weighted by Gasteiger charge is -2.46. The Morgan fingerprint density at radius 2 is 1.33 bits per heavy atom. The minimum Gasteiger partial charge on any atom is -0.314 e. The van der Waals surface area contributed by atoms with Crippen molar-refractivity contribution in [1.82, 2.24) is 9.65 Å². The third kappa shape index (κ3) is 4.14. The summed E-state index contributed by atoms with van der Waals surface area (Å²) in [6, 6.07) is 30.9. The molecule has 7 rings (SSSR count). The highest BCUT2D eigenvalue weighted by Gasteiger charge is 2.49. The highest BCUT2D eigenvalue weighted by molar-refractivity contribution is 7.80. The molecule has 1 aromatic heterocycles. The molecule has 5 aromatic rings. The van der Waals surface area contributed by atoms with Crippen molar-refractivity contribution in [1.29, 1.82) is 0 Å². The lowest BCUT2D eigenvalue weighted by atomic mass is 10.0. The summed E-state index contributed by atoms with van der Waals surface area (Å²) >= 11 is 0. The molecular formula is C36H35N3O2P2. The number of pyridine rings is 1. The van der Waals surface area contributed by atoms with Gasteiger partial charge in [0, 0.05) is 35.5 Å². The fraction of sp³-hybridized carbons (Fsp3) is 0.194. The maximum Gasteiger partial charge on any atom is 0.211 e. The van der Waals surface area contributed by atoms with E-state index in [9.17, 15) is 0 Å². The zero-order valence-corrected chi connectivity index (χ0v) is 27.0. The molecule has 0 amide bonds. The Balaban J connectivity index is 1.59. The third-order valence-electron chi connectivity index (χ3n) is 8.89. The minimum atomic E-state index is -3.31. The van der Waals surface area contributed by atoms with E-state index >= 15 is 9.13 Å². The highest BCUT2D eigenvalue weighted by atomic mass is 31.2. The number of hydrogen-bond donors (Lipinski definition) is 0. The number of fused-ring (bicyclic) bond motifs is 4. The fourth-order valence-corrected chi connectivity index (χ4v) is 12.5. The second-order valence-corrected chi connectivity index (χ2v) is 17.1. The molecule has 0 saturated heterocycles. The maximum atomic E-state index is 15.9. The molecule has 4 aromatic carbocycles. The molecule has 2 aliphatic rings. The van der Waals surface area contributed by atoms with Crippen molar-refractivity contribution in [3.05, 3.63) is 108 Å². The van der Waals surface area contributed by atoms with Crippen LogP contribution in [0.4, 0.5) is 17.1 Å². The number of hydrogen-bond acceptors (Lipinski definition) is 4. The van der Waals surface area contributed by atoms with Gasteiger partial charge in [-0.25, -0.2) is 4.67 Å². The molecule has 5 nitrogen and oxygen atoms in total. The minimum absolute atomic E-state index is 0.634. The first-order valence-corrected chi connectivity index (χ1v) is 18.7. The average Bonchev–Trinajstić information content (AvgIpc) is 3.02. The maximum absolute atomic E-state index is 15.9. The predicted octanol–water partition coefficient (Wildman–Crippen LogP) is 7.64. The molecule has 0 radical (unpaired) electrons. The van der Waals surface area contributed by atoms with E-state index < -0.39 is 14.4 Å². The van der Waals surface area contributed by atoms with Crippen LogP contribution in [0.15, 0.2) is 97.2 Å². The summed E-state index contributed by atoms with van der Waals surface area (Å²) in [5, 5.41) is 3.21. The zero-order valence-electron chi connectivity index (χ0n) is 25.2. The van der Waals surface area contributed by atoms with Gasteiger partial charge < -0.3 is 9.46 Å². The second kappa shape index (κ2) is 10.2. The molecule has 3 heterocycles. The van der Waals surface area contributed by atoms with Gasteiger partial charge in [-0.15, -0.1) is 0 Å². The SMILES string of the molecule is CCN(CC)P1(=O)c2cc(C)ccc2N2c3ccc(C)cc3P(C)(=O)c3cc(-c4cccc(-c5ccccn5)c4)cc1c32. The number of anilines is 3. The Labute approximate surface area is 254 Å². The molecule has 0 saturated carbocycles. The Kier molecular flexibility index (Phi) is 6.63. The molecule has 0 aliphatic carbocycles. The molecule has 2 aliphatic heterocycles. The summed E-state index contributed by atoms with van der Waals surface area (Å²) in [6.45, 7) is 11.4. The average molecular weight is 604 g/mol. The van der Waals surface area contributed by atoms with E-state index in [1.54, 1.807) is 6.20 Å². The van der Waals surface area contributed by atoms with Gasteiger partial charge >= 0.3 is 0 Å². The normalized spacial score (nSPS) is 20.0. The van der Waals surface area contributed by atoms with Crippen LogP contribution in [0, 0.1) is 13.8 Å². The van der Waals surface area contributed by atoms with Gasteiger partial charge in [-0.05, 0) is 86.2 Å². The summed E-state index contributed by atoms with van der Waals surface area (Å²) in [5.41, 5.74) is 8.54. The monoisotopic (exact) mass is 603 g/mol. The van der Waals surface area contributed by atoms with E-state index in [-0.39, 0.29) is 0 Å². The van der Waals surface area contributed by atoms with E-state index in [0.29, 0.717) is 13.1 Å². The quantitative estimate of drug-likeness (QED) is 0.193. The molecule has 43 heavy (non-hydrogen) atoms. The molecule has 2 atom stereocenters. The van der Waals surface area contributed by atoms with Crippen molar-refractivity contribution in [3.8, 4) is 22.4 Å². The van der Waals surface area contributed by atoms with Crippen molar-refractivity contribution in [3.63, 3.8) is 0 Å². The first kappa shape index (κ1) is 28.0. The van der Waals surface area contributed by atoms with E-state index in [2.05, 4.69) is 102 Å². The highest BCUT2D eigenvalue weighted by Crippen LogP contribution is 2.61. The smallest absolute Gasteiger partial charge is 0.211 e. The second-order valence-electron chi connectivity index (χ2n) is 11.6. The molecule has 216 valence electrons. The van der Waals surface area contributed by atoms with Gasteiger partial charge in [0.15, 0.2) is 0 Å². The Bertz CT molecular complexity index is 2020. The number of nitrogens with zero attached hydrogens (tertiary/aromatic N) is 3. The van der Waals surface area contributed by atoms with E-state index in [1.165, 1.54) is 0 Å². The summed E-state index contributed by atoms with van der Waals surface area (Å²) in [6.07, 6.45) is 1.80. The van der Waals surface area contributed by atoms with Gasteiger partial charge in [-0.3, -0.25) is 9.55 Å². The van der Waals surface area contributed by atoms with Crippen LogP contribution in [-0.2, 0) is 9.13 Å². The van der Waals surface area contributed by atoms with Crippen LogP contribution in [0.1, 0.15) is 25.0 Å². The van der Waals surface area contributed by atoms with Crippen LogP contribution in [0.2, 0.25) is 0 Å². The van der Waals surface area contributed by atoms with Gasteiger partial charge in [-0.1, -0.05) is 61.4 Å². The Morgan fingerprint density at radius 1 is 0.674 bits per heavy atom.